The Hall–Kier alpha value is -0.663. The Balaban J connectivity index is 2.63. The SMILES string of the molecule is CC(C)c1cccc(C(C)C)c1N=C(P1C(=O)P=C1O[Si](C)(C)C(C)(C)C)C(C)(C)C. The van der Waals surface area contributed by atoms with Gasteiger partial charge in [0.2, 0.25) is 5.27 Å². The van der Waals surface area contributed by atoms with Gasteiger partial charge >= 0.3 is 0 Å². The molecule has 0 radical (unpaired) electrons. The van der Waals surface area contributed by atoms with E-state index in [4.69, 9.17) is 9.42 Å². The van der Waals surface area contributed by atoms with Crippen molar-refractivity contribution >= 4 is 46.1 Å². The van der Waals surface area contributed by atoms with Gasteiger partial charge in [-0.25, -0.2) is 0 Å². The zero-order valence-electron chi connectivity index (χ0n) is 21.5. The first kappa shape index (κ1) is 26.6. The average Bonchev–Trinajstić information content (AvgIpc) is 2.58. The van der Waals surface area contributed by atoms with Gasteiger partial charge < -0.3 is 4.43 Å². The number of hydrogen-bond acceptors (Lipinski definition) is 3. The largest absolute Gasteiger partial charge is 0.380 e. The first-order chi connectivity index (χ1) is 14.0. The quantitative estimate of drug-likeness (QED) is 0.232. The van der Waals surface area contributed by atoms with Crippen molar-refractivity contribution < 1.29 is 9.22 Å². The van der Waals surface area contributed by atoms with E-state index in [1.807, 2.05) is 0 Å². The second-order valence-corrected chi connectivity index (χ2v) is 20.0. The molecule has 172 valence electrons. The van der Waals surface area contributed by atoms with Crippen LogP contribution in [-0.4, -0.2) is 24.3 Å². The highest BCUT2D eigenvalue weighted by Gasteiger charge is 2.47. The number of rotatable bonds is 6. The predicted octanol–water partition coefficient (Wildman–Crippen LogP) is 9.68. The molecule has 3 nitrogen and oxygen atoms in total. The van der Waals surface area contributed by atoms with Crippen LogP contribution in [0.25, 0.3) is 0 Å². The van der Waals surface area contributed by atoms with Crippen molar-refractivity contribution in [1.82, 2.24) is 0 Å². The van der Waals surface area contributed by atoms with Crippen LogP contribution in [0.4, 0.5) is 10.5 Å². The highest BCUT2D eigenvalue weighted by atomic mass is 31.2. The summed E-state index contributed by atoms with van der Waals surface area (Å²) in [5.74, 6) is 0.738. The van der Waals surface area contributed by atoms with E-state index in [2.05, 4.69) is 101 Å². The summed E-state index contributed by atoms with van der Waals surface area (Å²) in [7, 11) is -2.41. The van der Waals surface area contributed by atoms with Gasteiger partial charge in [0.25, 0.3) is 0 Å². The molecule has 0 N–H and O–H groups in total. The highest BCUT2D eigenvalue weighted by Crippen LogP contribution is 2.61. The summed E-state index contributed by atoms with van der Waals surface area (Å²) in [5, 5.41) is 1.34. The molecule has 0 fully saturated rings. The second-order valence-electron chi connectivity index (χ2n) is 11.7. The first-order valence-electron chi connectivity index (χ1n) is 11.3. The fourth-order valence-corrected chi connectivity index (χ4v) is 9.16. The highest BCUT2D eigenvalue weighted by molar-refractivity contribution is 8.25. The molecule has 0 spiro atoms. The van der Waals surface area contributed by atoms with Crippen LogP contribution in [-0.2, 0) is 4.43 Å². The van der Waals surface area contributed by atoms with E-state index in [0.717, 1.165) is 24.6 Å². The molecule has 1 atom stereocenters. The molecule has 1 aliphatic heterocycles. The molecular weight excluding hydrogens is 436 g/mol. The van der Waals surface area contributed by atoms with Crippen molar-refractivity contribution in [2.45, 2.75) is 99.2 Å². The molecule has 1 aromatic rings. The predicted molar refractivity (Wildman–Crippen MR) is 144 cm³/mol. The van der Waals surface area contributed by atoms with Gasteiger partial charge in [-0.3, -0.25) is 9.79 Å². The van der Waals surface area contributed by atoms with Crippen molar-refractivity contribution in [3.63, 3.8) is 0 Å². The third-order valence-electron chi connectivity index (χ3n) is 6.17. The van der Waals surface area contributed by atoms with E-state index in [1.165, 1.54) is 11.1 Å². The maximum atomic E-state index is 12.9. The lowest BCUT2D eigenvalue weighted by atomic mass is 9.92. The Morgan fingerprint density at radius 3 is 1.84 bits per heavy atom. The summed E-state index contributed by atoms with van der Waals surface area (Å²) in [6.45, 7) is 26.6. The normalized spacial score (nSPS) is 19.0. The van der Waals surface area contributed by atoms with Gasteiger partial charge in [0, 0.05) is 13.6 Å². The van der Waals surface area contributed by atoms with Crippen molar-refractivity contribution in [2.75, 3.05) is 0 Å². The Morgan fingerprint density at radius 1 is 1.00 bits per heavy atom. The lowest BCUT2D eigenvalue weighted by molar-refractivity contribution is 0.275. The zero-order chi connectivity index (χ0) is 23.9. The smallest absolute Gasteiger partial charge is 0.217 e. The number of hydrogen-bond donors (Lipinski definition) is 0. The third-order valence-corrected chi connectivity index (χ3v) is 15.2. The summed E-state index contributed by atoms with van der Waals surface area (Å²) >= 11 is 0. The van der Waals surface area contributed by atoms with E-state index >= 15 is 0 Å². The van der Waals surface area contributed by atoms with Gasteiger partial charge in [-0.1, -0.05) is 87.4 Å². The number of carbonyl (C=O) groups is 1. The van der Waals surface area contributed by atoms with Crippen molar-refractivity contribution in [3.05, 3.63) is 29.3 Å². The van der Waals surface area contributed by atoms with Crippen molar-refractivity contribution in [3.8, 4) is 0 Å². The molecule has 0 aliphatic carbocycles. The Labute approximate surface area is 194 Å². The van der Waals surface area contributed by atoms with Crippen LogP contribution in [0.15, 0.2) is 23.2 Å². The van der Waals surface area contributed by atoms with Crippen molar-refractivity contribution in [1.29, 1.82) is 0 Å². The molecular formula is C25H41NO2P2Si. The molecule has 1 unspecified atom stereocenters. The maximum absolute atomic E-state index is 12.9. The molecule has 2 rings (SSSR count). The molecule has 31 heavy (non-hydrogen) atoms. The van der Waals surface area contributed by atoms with Crippen LogP contribution in [0.5, 0.6) is 0 Å². The molecule has 0 saturated heterocycles. The van der Waals surface area contributed by atoms with Gasteiger partial charge in [-0.15, -0.1) is 0 Å². The Morgan fingerprint density at radius 2 is 1.48 bits per heavy atom. The summed E-state index contributed by atoms with van der Waals surface area (Å²) in [6.07, 6.45) is 0. The second kappa shape index (κ2) is 9.30. The van der Waals surface area contributed by atoms with Gasteiger partial charge in [0.05, 0.1) is 19.1 Å². The number of aliphatic imine (C=N–C) groups is 1. The standard InChI is InChI=1S/C25H41NO2P2Si/c1-16(2)18-14-13-15-19(17(3)4)20(18)26-21(24(5,6)7)30-22(27)29-23(30)28-31(11,12)25(8,9)10/h13-17H,1-12H3. The molecule has 1 heterocycles. The van der Waals surface area contributed by atoms with Gasteiger partial charge in [0.1, 0.15) is 5.22 Å². The van der Waals surface area contributed by atoms with Crippen LogP contribution in [0.3, 0.4) is 0 Å². The van der Waals surface area contributed by atoms with Gasteiger partial charge in [0.15, 0.2) is 8.32 Å². The minimum atomic E-state index is -2.00. The van der Waals surface area contributed by atoms with Crippen molar-refractivity contribution in [2.24, 2.45) is 10.4 Å². The lowest BCUT2D eigenvalue weighted by Crippen LogP contribution is -2.43. The molecule has 1 aliphatic rings. The van der Waals surface area contributed by atoms with Gasteiger partial charge in [-0.2, -0.15) is 0 Å². The summed E-state index contributed by atoms with van der Waals surface area (Å²) < 4.78 is 6.66. The van der Waals surface area contributed by atoms with Gasteiger partial charge in [-0.05, 0) is 41.1 Å². The monoisotopic (exact) mass is 477 g/mol. The molecule has 6 heteroatoms. The topological polar surface area (TPSA) is 38.7 Å². The van der Waals surface area contributed by atoms with E-state index in [-0.39, 0.29) is 15.7 Å². The number of nitrogens with zero attached hydrogens (tertiary/aromatic N) is 1. The number of para-hydroxylation sites is 1. The molecule has 0 aromatic heterocycles. The maximum Gasteiger partial charge on any atom is 0.217 e. The molecule has 0 saturated carbocycles. The Bertz CT molecular complexity index is 877. The molecule has 1 aromatic carbocycles. The third kappa shape index (κ3) is 5.83. The van der Waals surface area contributed by atoms with Crippen LogP contribution in [0, 0.1) is 5.41 Å². The lowest BCUT2D eigenvalue weighted by Gasteiger charge is -2.41. The zero-order valence-corrected chi connectivity index (χ0v) is 24.3. The number of carbonyl (C=O) groups excluding carboxylic acids is 1. The van der Waals surface area contributed by atoms with Crippen LogP contribution in [0.1, 0.15) is 92.2 Å². The minimum Gasteiger partial charge on any atom is -0.380 e. The minimum absolute atomic E-state index is 0.100. The van der Waals surface area contributed by atoms with E-state index in [9.17, 15) is 4.79 Å². The molecule has 0 bridgehead atoms. The average molecular weight is 478 g/mol. The Kier molecular flexibility index (Phi) is 7.97. The summed E-state index contributed by atoms with van der Waals surface area (Å²) in [5.41, 5.74) is 4.34. The van der Waals surface area contributed by atoms with E-state index in [1.54, 1.807) is 0 Å². The molecule has 0 amide bonds. The van der Waals surface area contributed by atoms with E-state index < -0.39 is 16.2 Å². The van der Waals surface area contributed by atoms with Crippen LogP contribution in [0.2, 0.25) is 18.1 Å². The fourth-order valence-electron chi connectivity index (χ4n) is 3.15. The van der Waals surface area contributed by atoms with E-state index in [0.29, 0.717) is 11.8 Å². The number of benzene rings is 1. The summed E-state index contributed by atoms with van der Waals surface area (Å²) in [6, 6.07) is 6.50. The first-order valence-corrected chi connectivity index (χ1v) is 16.5. The van der Waals surface area contributed by atoms with Crippen LogP contribution >= 0.6 is 16.1 Å². The summed E-state index contributed by atoms with van der Waals surface area (Å²) in [4.78, 5) is 18.3. The fraction of sp³-hybridized carbons (Fsp3) is 0.640. The van der Waals surface area contributed by atoms with Crippen LogP contribution < -0.4 is 0 Å².